The Morgan fingerprint density at radius 1 is 0.889 bits per heavy atom. The molecule has 0 aromatic heterocycles. The van der Waals surface area contributed by atoms with Crippen LogP contribution in [0.4, 0.5) is 5.69 Å². The molecule has 0 bridgehead atoms. The fourth-order valence-corrected chi connectivity index (χ4v) is 5.21. The van der Waals surface area contributed by atoms with E-state index in [1.807, 2.05) is 83.1 Å². The third kappa shape index (κ3) is 5.83. The molecule has 0 unspecified atom stereocenters. The predicted molar refractivity (Wildman–Crippen MR) is 111 cm³/mol. The number of rotatable bonds is 9. The zero-order chi connectivity index (χ0) is 20.0. The summed E-state index contributed by atoms with van der Waals surface area (Å²) in [6.07, 6.45) is -0.475. The minimum absolute atomic E-state index is 0.237. The van der Waals surface area contributed by atoms with Crippen LogP contribution >= 0.6 is 7.60 Å². The van der Waals surface area contributed by atoms with Crippen molar-refractivity contribution in [3.63, 3.8) is 0 Å². The van der Waals surface area contributed by atoms with E-state index in [0.29, 0.717) is 0 Å². The summed E-state index contributed by atoms with van der Waals surface area (Å²) in [6.45, 7) is 9.43. The van der Waals surface area contributed by atoms with Gasteiger partial charge in [-0.2, -0.15) is 0 Å². The van der Waals surface area contributed by atoms with Crippen LogP contribution in [0.15, 0.2) is 48.5 Å². The van der Waals surface area contributed by atoms with Crippen LogP contribution in [0.3, 0.4) is 0 Å². The number of ether oxygens (including phenoxy) is 1. The van der Waals surface area contributed by atoms with Crippen molar-refractivity contribution in [2.75, 3.05) is 12.4 Å². The maximum Gasteiger partial charge on any atom is 0.357 e. The number of benzene rings is 2. The first-order valence-electron chi connectivity index (χ1n) is 9.18. The van der Waals surface area contributed by atoms with Crippen molar-refractivity contribution in [3.8, 4) is 5.75 Å². The lowest BCUT2D eigenvalue weighted by Gasteiger charge is -2.32. The Hall–Kier alpha value is -1.81. The number of methoxy groups -OCH3 is 1. The van der Waals surface area contributed by atoms with Crippen molar-refractivity contribution in [1.29, 1.82) is 0 Å². The van der Waals surface area contributed by atoms with E-state index in [1.165, 1.54) is 0 Å². The summed E-state index contributed by atoms with van der Waals surface area (Å²) in [4.78, 5) is 0. The molecular weight excluding hydrogens is 361 g/mol. The molecule has 1 atom stereocenters. The van der Waals surface area contributed by atoms with E-state index in [4.69, 9.17) is 13.8 Å². The minimum atomic E-state index is -3.52. The fraction of sp³-hybridized carbons (Fsp3) is 0.429. The molecule has 0 saturated heterocycles. The second-order valence-electron chi connectivity index (χ2n) is 6.98. The van der Waals surface area contributed by atoms with Crippen molar-refractivity contribution >= 4 is 13.3 Å². The topological polar surface area (TPSA) is 56.8 Å². The molecule has 0 saturated carbocycles. The minimum Gasteiger partial charge on any atom is -0.497 e. The standard InChI is InChI=1S/C21H30NO4P/c1-15(2)25-27(23,26-16(3)4)21(20-10-8-7-9-17(20)5)22-18-11-13-19(24-6)14-12-18/h7-16,21-22H,1-6H3/t21-/m1/s1. The molecule has 6 heteroatoms. The number of nitrogens with one attached hydrogen (secondary N) is 1. The molecule has 0 heterocycles. The SMILES string of the molecule is COc1ccc(N[C@@H](c2ccccc2C)P(=O)(OC(C)C)OC(C)C)cc1. The van der Waals surface area contributed by atoms with Crippen LogP contribution in [0.1, 0.15) is 44.6 Å². The second kappa shape index (κ2) is 9.41. The van der Waals surface area contributed by atoms with Gasteiger partial charge in [-0.25, -0.2) is 0 Å². The van der Waals surface area contributed by atoms with Crippen LogP contribution in [0.2, 0.25) is 0 Å². The molecule has 27 heavy (non-hydrogen) atoms. The Morgan fingerprint density at radius 3 is 1.93 bits per heavy atom. The molecule has 0 spiro atoms. The van der Waals surface area contributed by atoms with E-state index in [9.17, 15) is 4.57 Å². The highest BCUT2D eigenvalue weighted by Crippen LogP contribution is 2.62. The van der Waals surface area contributed by atoms with Gasteiger partial charge in [-0.15, -0.1) is 0 Å². The number of hydrogen-bond acceptors (Lipinski definition) is 5. The molecule has 0 aliphatic heterocycles. The first-order valence-corrected chi connectivity index (χ1v) is 10.8. The lowest BCUT2D eigenvalue weighted by molar-refractivity contribution is 0.138. The first-order chi connectivity index (χ1) is 12.7. The molecule has 0 fully saturated rings. The number of aryl methyl sites for hydroxylation is 1. The highest BCUT2D eigenvalue weighted by atomic mass is 31.2. The van der Waals surface area contributed by atoms with Gasteiger partial charge in [0.05, 0.1) is 19.3 Å². The molecule has 1 N–H and O–H groups in total. The Kier molecular flexibility index (Phi) is 7.49. The van der Waals surface area contributed by atoms with Gasteiger partial charge in [0.1, 0.15) is 5.75 Å². The third-order valence-corrected chi connectivity index (χ3v) is 6.38. The van der Waals surface area contributed by atoms with Crippen LogP contribution in [-0.4, -0.2) is 19.3 Å². The van der Waals surface area contributed by atoms with E-state index in [2.05, 4.69) is 5.32 Å². The van der Waals surface area contributed by atoms with Crippen molar-refractivity contribution in [1.82, 2.24) is 0 Å². The van der Waals surface area contributed by atoms with Gasteiger partial charge in [-0.1, -0.05) is 24.3 Å². The fourth-order valence-electron chi connectivity index (χ4n) is 2.80. The van der Waals surface area contributed by atoms with E-state index in [-0.39, 0.29) is 12.2 Å². The molecule has 0 radical (unpaired) electrons. The summed E-state index contributed by atoms with van der Waals surface area (Å²) >= 11 is 0. The van der Waals surface area contributed by atoms with Crippen molar-refractivity contribution < 1.29 is 18.3 Å². The summed E-state index contributed by atoms with van der Waals surface area (Å²) in [6, 6.07) is 15.3. The lowest BCUT2D eigenvalue weighted by atomic mass is 10.1. The quantitative estimate of drug-likeness (QED) is 0.519. The predicted octanol–water partition coefficient (Wildman–Crippen LogP) is 6.16. The molecule has 5 nitrogen and oxygen atoms in total. The first kappa shape index (κ1) is 21.5. The maximum absolute atomic E-state index is 13.9. The molecular formula is C21H30NO4P. The molecule has 0 amide bonds. The van der Waals surface area contributed by atoms with Gasteiger partial charge < -0.3 is 19.1 Å². The lowest BCUT2D eigenvalue weighted by Crippen LogP contribution is -2.20. The summed E-state index contributed by atoms with van der Waals surface area (Å²) in [5.74, 6) is 0.130. The molecule has 148 valence electrons. The highest BCUT2D eigenvalue weighted by Gasteiger charge is 2.40. The van der Waals surface area contributed by atoms with Gasteiger partial charge in [0, 0.05) is 5.69 Å². The van der Waals surface area contributed by atoms with Crippen molar-refractivity contribution in [2.24, 2.45) is 0 Å². The summed E-state index contributed by atoms with van der Waals surface area (Å²) in [5, 5.41) is 3.37. The Balaban J connectivity index is 2.49. The smallest absolute Gasteiger partial charge is 0.357 e. The van der Waals surface area contributed by atoms with E-state index >= 15 is 0 Å². The summed E-state index contributed by atoms with van der Waals surface area (Å²) < 4.78 is 30.9. The van der Waals surface area contributed by atoms with Gasteiger partial charge in [0.2, 0.25) is 0 Å². The molecule has 0 aliphatic carbocycles. The normalized spacial score (nSPS) is 13.0. The van der Waals surface area contributed by atoms with Crippen molar-refractivity contribution in [2.45, 2.75) is 52.6 Å². The molecule has 2 aromatic carbocycles. The average molecular weight is 391 g/mol. The molecule has 0 aliphatic rings. The van der Waals surface area contributed by atoms with Gasteiger partial charge in [-0.05, 0) is 70.0 Å². The second-order valence-corrected chi connectivity index (χ2v) is 9.00. The van der Waals surface area contributed by atoms with E-state index in [0.717, 1.165) is 22.6 Å². The highest BCUT2D eigenvalue weighted by molar-refractivity contribution is 7.54. The maximum atomic E-state index is 13.9. The molecule has 2 rings (SSSR count). The van der Waals surface area contributed by atoms with Gasteiger partial charge >= 0.3 is 7.60 Å². The zero-order valence-corrected chi connectivity index (χ0v) is 17.8. The number of anilines is 1. The van der Waals surface area contributed by atoms with E-state index in [1.54, 1.807) is 7.11 Å². The summed E-state index contributed by atoms with van der Waals surface area (Å²) in [7, 11) is -1.89. The largest absolute Gasteiger partial charge is 0.497 e. The van der Waals surface area contributed by atoms with E-state index < -0.39 is 13.4 Å². The van der Waals surface area contributed by atoms with Gasteiger partial charge in [0.25, 0.3) is 0 Å². The average Bonchev–Trinajstić information content (AvgIpc) is 2.59. The van der Waals surface area contributed by atoms with Crippen LogP contribution in [0.25, 0.3) is 0 Å². The Bertz CT molecular complexity index is 760. The zero-order valence-electron chi connectivity index (χ0n) is 16.9. The van der Waals surface area contributed by atoms with Crippen LogP contribution < -0.4 is 10.1 Å². The van der Waals surface area contributed by atoms with Gasteiger partial charge in [0.15, 0.2) is 5.78 Å². The Labute approximate surface area is 162 Å². The summed E-state index contributed by atoms with van der Waals surface area (Å²) in [5.41, 5.74) is 2.71. The third-order valence-electron chi connectivity index (χ3n) is 3.91. The van der Waals surface area contributed by atoms with Gasteiger partial charge in [-0.3, -0.25) is 4.57 Å². The van der Waals surface area contributed by atoms with Crippen LogP contribution in [0.5, 0.6) is 5.75 Å². The Morgan fingerprint density at radius 2 is 1.44 bits per heavy atom. The van der Waals surface area contributed by atoms with Crippen LogP contribution in [-0.2, 0) is 13.6 Å². The monoisotopic (exact) mass is 391 g/mol. The van der Waals surface area contributed by atoms with Crippen molar-refractivity contribution in [3.05, 3.63) is 59.7 Å². The molecule has 2 aromatic rings. The van der Waals surface area contributed by atoms with Crippen LogP contribution in [0, 0.1) is 6.92 Å². The number of hydrogen-bond donors (Lipinski definition) is 1.